The number of carboxylic acid groups (broad SMARTS) is 1. The molecule has 19 heavy (non-hydrogen) atoms. The van der Waals surface area contributed by atoms with Gasteiger partial charge < -0.3 is 9.84 Å². The SMILES string of the molecule is COc1ccc(CN(C)CC(F)(F)F)cc1C(=O)O. The lowest BCUT2D eigenvalue weighted by Gasteiger charge is -2.19. The quantitative estimate of drug-likeness (QED) is 0.897. The first kappa shape index (κ1) is 15.3. The summed E-state index contributed by atoms with van der Waals surface area (Å²) in [6.07, 6.45) is -4.28. The Morgan fingerprint density at radius 1 is 1.42 bits per heavy atom. The largest absolute Gasteiger partial charge is 0.496 e. The maximum absolute atomic E-state index is 12.2. The fourth-order valence-corrected chi connectivity index (χ4v) is 1.69. The molecule has 0 aliphatic rings. The summed E-state index contributed by atoms with van der Waals surface area (Å²) in [6.45, 7) is -1.05. The Balaban J connectivity index is 2.85. The standard InChI is InChI=1S/C12H14F3NO3/c1-16(7-12(13,14)15)6-8-3-4-10(19-2)9(5-8)11(17)18/h3-5H,6-7H2,1-2H3,(H,17,18). The summed E-state index contributed by atoms with van der Waals surface area (Å²) >= 11 is 0. The number of ether oxygens (including phenoxy) is 1. The van der Waals surface area contributed by atoms with Crippen molar-refractivity contribution >= 4 is 5.97 Å². The smallest absolute Gasteiger partial charge is 0.401 e. The van der Waals surface area contributed by atoms with Gasteiger partial charge in [0.15, 0.2) is 0 Å². The van der Waals surface area contributed by atoms with Crippen LogP contribution in [0.2, 0.25) is 0 Å². The summed E-state index contributed by atoms with van der Waals surface area (Å²) < 4.78 is 41.4. The van der Waals surface area contributed by atoms with E-state index >= 15 is 0 Å². The van der Waals surface area contributed by atoms with E-state index < -0.39 is 18.7 Å². The van der Waals surface area contributed by atoms with Crippen LogP contribution in [0, 0.1) is 0 Å². The van der Waals surface area contributed by atoms with Crippen molar-refractivity contribution in [3.8, 4) is 5.75 Å². The van der Waals surface area contributed by atoms with Crippen molar-refractivity contribution in [2.75, 3.05) is 20.7 Å². The second kappa shape index (κ2) is 5.92. The highest BCUT2D eigenvalue weighted by atomic mass is 19.4. The molecule has 106 valence electrons. The molecule has 0 saturated heterocycles. The topological polar surface area (TPSA) is 49.8 Å². The highest BCUT2D eigenvalue weighted by Crippen LogP contribution is 2.22. The zero-order valence-electron chi connectivity index (χ0n) is 10.5. The lowest BCUT2D eigenvalue weighted by Crippen LogP contribution is -2.30. The van der Waals surface area contributed by atoms with Gasteiger partial charge in [0.2, 0.25) is 0 Å². The first-order valence-corrected chi connectivity index (χ1v) is 5.38. The first-order valence-electron chi connectivity index (χ1n) is 5.38. The Morgan fingerprint density at radius 3 is 2.53 bits per heavy atom. The van der Waals surface area contributed by atoms with Crippen LogP contribution in [0.25, 0.3) is 0 Å². The number of benzene rings is 1. The highest BCUT2D eigenvalue weighted by Gasteiger charge is 2.29. The highest BCUT2D eigenvalue weighted by molar-refractivity contribution is 5.91. The Morgan fingerprint density at radius 2 is 2.05 bits per heavy atom. The van der Waals surface area contributed by atoms with Crippen LogP contribution in [0.5, 0.6) is 5.75 Å². The maximum Gasteiger partial charge on any atom is 0.401 e. The molecule has 0 atom stereocenters. The van der Waals surface area contributed by atoms with E-state index in [1.165, 1.54) is 32.4 Å². The van der Waals surface area contributed by atoms with E-state index in [1.807, 2.05) is 0 Å². The molecule has 0 aliphatic heterocycles. The van der Waals surface area contributed by atoms with Crippen LogP contribution in [0.3, 0.4) is 0 Å². The van der Waals surface area contributed by atoms with Gasteiger partial charge in [0.1, 0.15) is 11.3 Å². The van der Waals surface area contributed by atoms with Gasteiger partial charge in [-0.2, -0.15) is 13.2 Å². The minimum absolute atomic E-state index is 0.00375. The summed E-state index contributed by atoms with van der Waals surface area (Å²) in [5, 5.41) is 8.97. The van der Waals surface area contributed by atoms with Gasteiger partial charge in [-0.25, -0.2) is 4.79 Å². The molecule has 4 nitrogen and oxygen atoms in total. The molecule has 1 N–H and O–H groups in total. The summed E-state index contributed by atoms with van der Waals surface area (Å²) in [4.78, 5) is 12.0. The van der Waals surface area contributed by atoms with Gasteiger partial charge in [0.05, 0.1) is 13.7 Å². The normalized spacial score (nSPS) is 11.7. The summed E-state index contributed by atoms with van der Waals surface area (Å²) in [5.41, 5.74) is 0.408. The number of halogens is 3. The number of hydrogen-bond donors (Lipinski definition) is 1. The molecule has 0 heterocycles. The predicted octanol–water partition coefficient (Wildman–Crippen LogP) is 2.39. The molecule has 0 radical (unpaired) electrons. The molecular weight excluding hydrogens is 263 g/mol. The Hall–Kier alpha value is -1.76. The van der Waals surface area contributed by atoms with Crippen molar-refractivity contribution in [1.82, 2.24) is 4.90 Å². The zero-order chi connectivity index (χ0) is 14.6. The number of rotatable bonds is 5. The Bertz CT molecular complexity index is 460. The van der Waals surface area contributed by atoms with Crippen molar-refractivity contribution < 1.29 is 27.8 Å². The van der Waals surface area contributed by atoms with Crippen LogP contribution in [0.4, 0.5) is 13.2 Å². The molecule has 0 unspecified atom stereocenters. The van der Waals surface area contributed by atoms with E-state index in [2.05, 4.69) is 0 Å². The lowest BCUT2D eigenvalue weighted by molar-refractivity contribution is -0.144. The third kappa shape index (κ3) is 4.78. The summed E-state index contributed by atoms with van der Waals surface area (Å²) in [7, 11) is 2.65. The monoisotopic (exact) mass is 277 g/mol. The summed E-state index contributed by atoms with van der Waals surface area (Å²) in [6, 6.07) is 4.28. The summed E-state index contributed by atoms with van der Waals surface area (Å²) in [5.74, 6) is -1.01. The first-order chi connectivity index (χ1) is 8.73. The number of nitrogens with zero attached hydrogens (tertiary/aromatic N) is 1. The van der Waals surface area contributed by atoms with Crippen molar-refractivity contribution in [1.29, 1.82) is 0 Å². The lowest BCUT2D eigenvalue weighted by atomic mass is 10.1. The molecule has 1 rings (SSSR count). The fourth-order valence-electron chi connectivity index (χ4n) is 1.69. The molecule has 0 aromatic heterocycles. The van der Waals surface area contributed by atoms with Crippen LogP contribution >= 0.6 is 0 Å². The Kier molecular flexibility index (Phi) is 4.77. The van der Waals surface area contributed by atoms with Crippen molar-refractivity contribution in [2.45, 2.75) is 12.7 Å². The molecular formula is C12H14F3NO3. The molecule has 0 bridgehead atoms. The van der Waals surface area contributed by atoms with Gasteiger partial charge in [-0.05, 0) is 24.7 Å². The molecule has 0 saturated carbocycles. The minimum Gasteiger partial charge on any atom is -0.496 e. The average Bonchev–Trinajstić information content (AvgIpc) is 2.26. The van der Waals surface area contributed by atoms with E-state index in [0.717, 1.165) is 4.90 Å². The van der Waals surface area contributed by atoms with Crippen LogP contribution in [-0.2, 0) is 6.54 Å². The number of aromatic carboxylic acids is 1. The van der Waals surface area contributed by atoms with E-state index in [9.17, 15) is 18.0 Å². The predicted molar refractivity (Wildman–Crippen MR) is 62.3 cm³/mol. The van der Waals surface area contributed by atoms with E-state index in [0.29, 0.717) is 5.56 Å². The van der Waals surface area contributed by atoms with Crippen LogP contribution in [0.1, 0.15) is 15.9 Å². The van der Waals surface area contributed by atoms with Crippen LogP contribution < -0.4 is 4.74 Å². The van der Waals surface area contributed by atoms with E-state index in [1.54, 1.807) is 0 Å². The van der Waals surface area contributed by atoms with E-state index in [-0.39, 0.29) is 17.9 Å². The average molecular weight is 277 g/mol. The van der Waals surface area contributed by atoms with Crippen molar-refractivity contribution in [3.63, 3.8) is 0 Å². The van der Waals surface area contributed by atoms with Gasteiger partial charge in [0.25, 0.3) is 0 Å². The minimum atomic E-state index is -4.28. The van der Waals surface area contributed by atoms with Gasteiger partial charge >= 0.3 is 12.1 Å². The zero-order valence-corrected chi connectivity index (χ0v) is 10.5. The molecule has 1 aromatic carbocycles. The second-order valence-corrected chi connectivity index (χ2v) is 4.13. The maximum atomic E-state index is 12.2. The van der Waals surface area contributed by atoms with Crippen LogP contribution in [-0.4, -0.2) is 42.9 Å². The third-order valence-corrected chi connectivity index (χ3v) is 2.40. The molecule has 7 heteroatoms. The van der Waals surface area contributed by atoms with E-state index in [4.69, 9.17) is 9.84 Å². The van der Waals surface area contributed by atoms with Gasteiger partial charge in [-0.15, -0.1) is 0 Å². The number of alkyl halides is 3. The van der Waals surface area contributed by atoms with Gasteiger partial charge in [-0.1, -0.05) is 6.07 Å². The molecule has 0 fully saturated rings. The number of hydrogen-bond acceptors (Lipinski definition) is 3. The number of methoxy groups -OCH3 is 1. The Labute approximate surface area is 108 Å². The molecule has 0 amide bonds. The van der Waals surface area contributed by atoms with Crippen molar-refractivity contribution in [3.05, 3.63) is 29.3 Å². The second-order valence-electron chi connectivity index (χ2n) is 4.13. The van der Waals surface area contributed by atoms with Crippen molar-refractivity contribution in [2.24, 2.45) is 0 Å². The number of carbonyl (C=O) groups is 1. The number of carboxylic acids is 1. The van der Waals surface area contributed by atoms with Gasteiger partial charge in [0, 0.05) is 6.54 Å². The fraction of sp³-hybridized carbons (Fsp3) is 0.417. The molecule has 1 aromatic rings. The van der Waals surface area contributed by atoms with Crippen LogP contribution in [0.15, 0.2) is 18.2 Å². The molecule has 0 spiro atoms. The molecule has 0 aliphatic carbocycles. The third-order valence-electron chi connectivity index (χ3n) is 2.40. The van der Waals surface area contributed by atoms with Gasteiger partial charge in [-0.3, -0.25) is 4.90 Å².